The van der Waals surface area contributed by atoms with E-state index in [2.05, 4.69) is 9.47 Å². The number of rotatable bonds is 3. The van der Waals surface area contributed by atoms with Crippen molar-refractivity contribution in [2.24, 2.45) is 11.8 Å². The highest BCUT2D eigenvalue weighted by molar-refractivity contribution is 5.79. The summed E-state index contributed by atoms with van der Waals surface area (Å²) in [6.07, 6.45) is 0.976. The van der Waals surface area contributed by atoms with E-state index in [1.807, 2.05) is 0 Å². The molecule has 6 heteroatoms. The third-order valence-electron chi connectivity index (χ3n) is 3.13. The summed E-state index contributed by atoms with van der Waals surface area (Å²) in [7, 11) is 2.55. The first-order valence-corrected chi connectivity index (χ1v) is 5.84. The fourth-order valence-corrected chi connectivity index (χ4v) is 2.33. The van der Waals surface area contributed by atoms with Crippen molar-refractivity contribution in [2.75, 3.05) is 14.2 Å². The van der Waals surface area contributed by atoms with Gasteiger partial charge in [0.25, 0.3) is 0 Å². The molecule has 18 heavy (non-hydrogen) atoms. The molecule has 0 aromatic carbocycles. The van der Waals surface area contributed by atoms with Crippen LogP contribution in [0.1, 0.15) is 26.2 Å². The second-order valence-corrected chi connectivity index (χ2v) is 4.26. The van der Waals surface area contributed by atoms with Gasteiger partial charge in [0.2, 0.25) is 0 Å². The van der Waals surface area contributed by atoms with Crippen LogP contribution in [0.4, 0.5) is 0 Å². The van der Waals surface area contributed by atoms with E-state index in [0.717, 1.165) is 0 Å². The Bertz CT molecular complexity index is 313. The van der Waals surface area contributed by atoms with E-state index in [9.17, 15) is 14.4 Å². The maximum absolute atomic E-state index is 11.6. The van der Waals surface area contributed by atoms with Crippen molar-refractivity contribution < 1.29 is 28.6 Å². The molecule has 0 aromatic rings. The molecule has 102 valence electrons. The Morgan fingerprint density at radius 2 is 1.39 bits per heavy atom. The fourth-order valence-electron chi connectivity index (χ4n) is 2.33. The summed E-state index contributed by atoms with van der Waals surface area (Å²) in [5, 5.41) is 0. The molecule has 1 fully saturated rings. The van der Waals surface area contributed by atoms with Crippen molar-refractivity contribution in [3.63, 3.8) is 0 Å². The Labute approximate surface area is 106 Å². The first kappa shape index (κ1) is 14.5. The minimum atomic E-state index is -0.795. The van der Waals surface area contributed by atoms with Crippen molar-refractivity contribution in [3.05, 3.63) is 0 Å². The predicted octanol–water partition coefficient (Wildman–Crippen LogP) is 0.680. The molecule has 1 saturated carbocycles. The fraction of sp³-hybridized carbons (Fsp3) is 0.750. The van der Waals surface area contributed by atoms with Gasteiger partial charge in [-0.2, -0.15) is 0 Å². The van der Waals surface area contributed by atoms with Gasteiger partial charge in [0.1, 0.15) is 6.10 Å². The molecule has 1 aliphatic carbocycles. The lowest BCUT2D eigenvalue weighted by Gasteiger charge is -2.34. The molecule has 3 atom stereocenters. The summed E-state index contributed by atoms with van der Waals surface area (Å²) in [4.78, 5) is 34.4. The topological polar surface area (TPSA) is 78.9 Å². The van der Waals surface area contributed by atoms with Crippen LogP contribution in [0.5, 0.6) is 0 Å². The molecule has 1 aliphatic rings. The van der Waals surface area contributed by atoms with Crippen LogP contribution in [0.25, 0.3) is 0 Å². The highest BCUT2D eigenvalue weighted by Crippen LogP contribution is 2.33. The lowest BCUT2D eigenvalue weighted by atomic mass is 9.78. The van der Waals surface area contributed by atoms with Gasteiger partial charge >= 0.3 is 17.9 Å². The van der Waals surface area contributed by atoms with Crippen molar-refractivity contribution >= 4 is 17.9 Å². The first-order valence-electron chi connectivity index (χ1n) is 5.84. The minimum Gasteiger partial charge on any atom is -0.469 e. The number of methoxy groups -OCH3 is 2. The van der Waals surface area contributed by atoms with Crippen LogP contribution in [-0.2, 0) is 28.6 Å². The molecule has 1 rings (SSSR count). The average Bonchev–Trinajstić information content (AvgIpc) is 2.36. The molecule has 0 amide bonds. The Kier molecular flexibility index (Phi) is 5.12. The van der Waals surface area contributed by atoms with Crippen LogP contribution in [0.3, 0.4) is 0 Å². The molecule has 0 radical (unpaired) electrons. The van der Waals surface area contributed by atoms with Gasteiger partial charge in [-0.1, -0.05) is 6.42 Å². The van der Waals surface area contributed by atoms with E-state index in [-0.39, 0.29) is 0 Å². The lowest BCUT2D eigenvalue weighted by Crippen LogP contribution is -2.45. The van der Waals surface area contributed by atoms with E-state index in [1.165, 1.54) is 21.1 Å². The van der Waals surface area contributed by atoms with E-state index in [0.29, 0.717) is 19.3 Å². The van der Waals surface area contributed by atoms with Crippen molar-refractivity contribution in [3.8, 4) is 0 Å². The molecular weight excluding hydrogens is 240 g/mol. The maximum Gasteiger partial charge on any atom is 0.312 e. The standard InChI is InChI=1S/C12H18O6/c1-7(13)18-10-8(11(14)16-2)5-4-6-9(10)12(15)17-3/h8-10H,4-6H2,1-3H3/t8-,9+,10?. The molecule has 0 bridgehead atoms. The number of carbonyl (C=O) groups excluding carboxylic acids is 3. The second-order valence-electron chi connectivity index (χ2n) is 4.26. The predicted molar refractivity (Wildman–Crippen MR) is 60.4 cm³/mol. The van der Waals surface area contributed by atoms with Crippen LogP contribution >= 0.6 is 0 Å². The van der Waals surface area contributed by atoms with E-state index < -0.39 is 35.8 Å². The van der Waals surface area contributed by atoms with Gasteiger partial charge in [-0.05, 0) is 12.8 Å². The van der Waals surface area contributed by atoms with Gasteiger partial charge in [0.05, 0.1) is 26.1 Å². The molecule has 1 unspecified atom stereocenters. The summed E-state index contributed by atoms with van der Waals surface area (Å²) < 4.78 is 14.5. The van der Waals surface area contributed by atoms with Crippen molar-refractivity contribution in [1.29, 1.82) is 0 Å². The lowest BCUT2D eigenvalue weighted by molar-refractivity contribution is -0.172. The Hall–Kier alpha value is -1.59. The molecule has 0 saturated heterocycles. The highest BCUT2D eigenvalue weighted by Gasteiger charge is 2.44. The van der Waals surface area contributed by atoms with Crippen molar-refractivity contribution in [1.82, 2.24) is 0 Å². The summed E-state index contributed by atoms with van der Waals surface area (Å²) in [6, 6.07) is 0. The zero-order chi connectivity index (χ0) is 13.7. The van der Waals surface area contributed by atoms with E-state index >= 15 is 0 Å². The number of hydrogen-bond acceptors (Lipinski definition) is 6. The zero-order valence-electron chi connectivity index (χ0n) is 10.8. The van der Waals surface area contributed by atoms with Gasteiger partial charge in [0, 0.05) is 6.92 Å². The Morgan fingerprint density at radius 3 is 1.72 bits per heavy atom. The minimum absolute atomic E-state index is 0.463. The van der Waals surface area contributed by atoms with Crippen LogP contribution in [0, 0.1) is 11.8 Å². The van der Waals surface area contributed by atoms with E-state index in [4.69, 9.17) is 4.74 Å². The van der Waals surface area contributed by atoms with Crippen LogP contribution in [0.2, 0.25) is 0 Å². The third-order valence-corrected chi connectivity index (χ3v) is 3.13. The third kappa shape index (κ3) is 3.21. The Morgan fingerprint density at radius 1 is 0.944 bits per heavy atom. The molecule has 0 spiro atoms. The smallest absolute Gasteiger partial charge is 0.312 e. The summed E-state index contributed by atoms with van der Waals surface area (Å²) >= 11 is 0. The van der Waals surface area contributed by atoms with Crippen molar-refractivity contribution in [2.45, 2.75) is 32.3 Å². The van der Waals surface area contributed by atoms with Gasteiger partial charge in [-0.3, -0.25) is 14.4 Å². The van der Waals surface area contributed by atoms with Crippen LogP contribution in [-0.4, -0.2) is 38.2 Å². The number of esters is 3. The first-order chi connectivity index (χ1) is 8.51. The number of hydrogen-bond donors (Lipinski definition) is 0. The molecule has 0 aliphatic heterocycles. The van der Waals surface area contributed by atoms with Gasteiger partial charge < -0.3 is 14.2 Å². The molecule has 0 N–H and O–H groups in total. The quantitative estimate of drug-likeness (QED) is 0.547. The van der Waals surface area contributed by atoms with Gasteiger partial charge in [-0.25, -0.2) is 0 Å². The Balaban J connectivity index is 2.92. The molecule has 6 nitrogen and oxygen atoms in total. The largest absolute Gasteiger partial charge is 0.469 e. The van der Waals surface area contributed by atoms with Gasteiger partial charge in [-0.15, -0.1) is 0 Å². The monoisotopic (exact) mass is 258 g/mol. The number of carbonyl (C=O) groups is 3. The summed E-state index contributed by atoms with van der Waals surface area (Å²) in [6.45, 7) is 1.25. The average molecular weight is 258 g/mol. The number of ether oxygens (including phenoxy) is 3. The molecular formula is C12H18O6. The zero-order valence-corrected chi connectivity index (χ0v) is 10.8. The second kappa shape index (κ2) is 6.37. The summed E-state index contributed by atoms with van der Waals surface area (Å²) in [5.74, 6) is -2.65. The highest BCUT2D eigenvalue weighted by atomic mass is 16.6. The van der Waals surface area contributed by atoms with Gasteiger partial charge in [0.15, 0.2) is 0 Å². The van der Waals surface area contributed by atoms with Crippen LogP contribution < -0.4 is 0 Å². The van der Waals surface area contributed by atoms with E-state index in [1.54, 1.807) is 0 Å². The van der Waals surface area contributed by atoms with Crippen LogP contribution in [0.15, 0.2) is 0 Å². The molecule has 0 heterocycles. The SMILES string of the molecule is COC(=O)[C@H]1CCC[C@@H](C(=O)OC)C1OC(C)=O. The maximum atomic E-state index is 11.6. The molecule has 0 aromatic heterocycles. The normalized spacial score (nSPS) is 27.2. The summed E-state index contributed by atoms with van der Waals surface area (Å²) in [5.41, 5.74) is 0.